The van der Waals surface area contributed by atoms with Gasteiger partial charge in [-0.2, -0.15) is 0 Å². The molecule has 0 saturated carbocycles. The van der Waals surface area contributed by atoms with Crippen molar-refractivity contribution in [3.8, 4) is 0 Å². The largest absolute Gasteiger partial charge is 0.369 e. The van der Waals surface area contributed by atoms with Crippen LogP contribution in [0.1, 0.15) is 25.8 Å². The van der Waals surface area contributed by atoms with E-state index in [0.29, 0.717) is 23.0 Å². The number of halogens is 1. The second-order valence-corrected chi connectivity index (χ2v) is 10.8. The van der Waals surface area contributed by atoms with Gasteiger partial charge in [0.25, 0.3) is 0 Å². The number of fused-ring (bicyclic) bond motifs is 1. The number of rotatable bonds is 3. The number of hydrogen-bond acceptors (Lipinski definition) is 4. The second kappa shape index (κ2) is 7.79. The molecule has 0 aliphatic carbocycles. The van der Waals surface area contributed by atoms with Gasteiger partial charge in [-0.25, -0.2) is 12.8 Å². The zero-order valence-corrected chi connectivity index (χ0v) is 19.0. The van der Waals surface area contributed by atoms with Gasteiger partial charge in [-0.3, -0.25) is 4.79 Å². The molecule has 0 bridgehead atoms. The lowest BCUT2D eigenvalue weighted by atomic mass is 9.91. The Labute approximate surface area is 182 Å². The van der Waals surface area contributed by atoms with E-state index < -0.39 is 21.1 Å². The lowest BCUT2D eigenvalue weighted by molar-refractivity contribution is 0.354. The standard InChI is InChI=1S/C24H27FN2O3S/c1-15-6-5-7-18(9-15)31(29,30)23-14-26(4)21-11-22(20(25)10-19(21)24(23)28)27-12-16(2)8-17(3)13-27/h5-7,9-11,14,16-17H,8,12-13H2,1-4H3/t16-,17-/m0/s1. The molecule has 0 amide bonds. The van der Waals surface area contributed by atoms with Crippen molar-refractivity contribution in [3.05, 3.63) is 64.2 Å². The summed E-state index contributed by atoms with van der Waals surface area (Å²) in [5.74, 6) is 0.394. The molecule has 0 unspecified atom stereocenters. The molecule has 0 radical (unpaired) electrons. The number of hydrogen-bond donors (Lipinski definition) is 0. The van der Waals surface area contributed by atoms with Gasteiger partial charge in [0, 0.05) is 26.3 Å². The fourth-order valence-corrected chi connectivity index (χ4v) is 6.17. The molecule has 7 heteroatoms. The van der Waals surface area contributed by atoms with Gasteiger partial charge in [0.05, 0.1) is 21.5 Å². The van der Waals surface area contributed by atoms with Crippen LogP contribution in [0.5, 0.6) is 0 Å². The molecule has 0 N–H and O–H groups in total. The Morgan fingerprint density at radius 2 is 1.74 bits per heavy atom. The quantitative estimate of drug-likeness (QED) is 0.607. The van der Waals surface area contributed by atoms with Crippen LogP contribution in [0.2, 0.25) is 0 Å². The predicted octanol–water partition coefficient (Wildman–Crippen LogP) is 4.30. The van der Waals surface area contributed by atoms with E-state index in [-0.39, 0.29) is 15.2 Å². The second-order valence-electron chi connectivity index (χ2n) is 8.93. The van der Waals surface area contributed by atoms with E-state index in [1.165, 1.54) is 24.4 Å². The summed E-state index contributed by atoms with van der Waals surface area (Å²) in [7, 11) is -2.35. The number of piperidine rings is 1. The van der Waals surface area contributed by atoms with Crippen LogP contribution in [-0.4, -0.2) is 26.1 Å². The maximum Gasteiger partial charge on any atom is 0.211 e. The fourth-order valence-electron chi connectivity index (χ4n) is 4.66. The molecular weight excluding hydrogens is 415 g/mol. The Morgan fingerprint density at radius 3 is 2.39 bits per heavy atom. The van der Waals surface area contributed by atoms with E-state index in [1.807, 2.05) is 4.90 Å². The molecule has 2 heterocycles. The topological polar surface area (TPSA) is 59.4 Å². The lowest BCUT2D eigenvalue weighted by Crippen LogP contribution is -2.39. The highest BCUT2D eigenvalue weighted by Crippen LogP contribution is 2.31. The summed E-state index contributed by atoms with van der Waals surface area (Å²) in [4.78, 5) is 14.9. The zero-order valence-electron chi connectivity index (χ0n) is 18.2. The molecule has 31 heavy (non-hydrogen) atoms. The third-order valence-electron chi connectivity index (χ3n) is 6.02. The van der Waals surface area contributed by atoms with Gasteiger partial charge >= 0.3 is 0 Å². The van der Waals surface area contributed by atoms with E-state index in [1.54, 1.807) is 36.7 Å². The third kappa shape index (κ3) is 3.87. The van der Waals surface area contributed by atoms with Gasteiger partial charge in [-0.1, -0.05) is 26.0 Å². The fraction of sp³-hybridized carbons (Fsp3) is 0.375. The summed E-state index contributed by atoms with van der Waals surface area (Å²) in [5.41, 5.74) is 1.06. The highest BCUT2D eigenvalue weighted by atomic mass is 32.2. The number of sulfone groups is 1. The van der Waals surface area contributed by atoms with Crippen LogP contribution >= 0.6 is 0 Å². The molecule has 3 aromatic rings. The predicted molar refractivity (Wildman–Crippen MR) is 121 cm³/mol. The van der Waals surface area contributed by atoms with E-state index in [4.69, 9.17) is 0 Å². The maximum absolute atomic E-state index is 15.1. The average Bonchev–Trinajstić information content (AvgIpc) is 2.69. The van der Waals surface area contributed by atoms with Crippen molar-refractivity contribution in [2.24, 2.45) is 18.9 Å². The van der Waals surface area contributed by atoms with Crippen molar-refractivity contribution in [1.29, 1.82) is 0 Å². The van der Waals surface area contributed by atoms with Crippen LogP contribution in [-0.2, 0) is 16.9 Å². The van der Waals surface area contributed by atoms with E-state index in [0.717, 1.165) is 25.1 Å². The van der Waals surface area contributed by atoms with Crippen LogP contribution in [0.3, 0.4) is 0 Å². The average molecular weight is 443 g/mol. The van der Waals surface area contributed by atoms with Gasteiger partial charge in [0.2, 0.25) is 15.3 Å². The number of benzene rings is 2. The smallest absolute Gasteiger partial charge is 0.211 e. The van der Waals surface area contributed by atoms with Crippen LogP contribution in [0.4, 0.5) is 10.1 Å². The summed E-state index contributed by atoms with van der Waals surface area (Å²) in [6.45, 7) is 7.59. The van der Waals surface area contributed by atoms with Crippen molar-refractivity contribution in [2.45, 2.75) is 37.0 Å². The first-order valence-corrected chi connectivity index (χ1v) is 12.0. The van der Waals surface area contributed by atoms with Crippen molar-refractivity contribution in [1.82, 2.24) is 4.57 Å². The molecule has 1 aliphatic heterocycles. The molecule has 0 spiro atoms. The van der Waals surface area contributed by atoms with Gasteiger partial charge in [-0.15, -0.1) is 0 Å². The van der Waals surface area contributed by atoms with Crippen molar-refractivity contribution in [3.63, 3.8) is 0 Å². The number of aryl methyl sites for hydroxylation is 2. The van der Waals surface area contributed by atoms with Crippen molar-refractivity contribution >= 4 is 26.4 Å². The Balaban J connectivity index is 1.88. The first-order chi connectivity index (χ1) is 14.6. The molecule has 164 valence electrons. The summed E-state index contributed by atoms with van der Waals surface area (Å²) in [6.07, 6.45) is 2.44. The minimum atomic E-state index is -4.03. The molecule has 2 atom stereocenters. The summed E-state index contributed by atoms with van der Waals surface area (Å²) < 4.78 is 43.0. The monoisotopic (exact) mass is 442 g/mol. The van der Waals surface area contributed by atoms with Crippen molar-refractivity contribution in [2.75, 3.05) is 18.0 Å². The van der Waals surface area contributed by atoms with E-state index in [9.17, 15) is 13.2 Å². The number of pyridine rings is 1. The Hall–Kier alpha value is -2.67. The molecule has 1 fully saturated rings. The lowest BCUT2D eigenvalue weighted by Gasteiger charge is -2.36. The molecular formula is C24H27FN2O3S. The van der Waals surface area contributed by atoms with Gasteiger partial charge < -0.3 is 9.47 Å². The molecule has 5 nitrogen and oxygen atoms in total. The van der Waals surface area contributed by atoms with Gasteiger partial charge in [-0.05, 0) is 55.0 Å². The Morgan fingerprint density at radius 1 is 1.06 bits per heavy atom. The van der Waals surface area contributed by atoms with Crippen LogP contribution in [0.15, 0.2) is 57.2 Å². The Kier molecular flexibility index (Phi) is 5.41. The molecule has 4 rings (SSSR count). The first-order valence-electron chi connectivity index (χ1n) is 10.5. The summed E-state index contributed by atoms with van der Waals surface area (Å²) in [6, 6.07) is 9.28. The third-order valence-corrected chi connectivity index (χ3v) is 7.77. The van der Waals surface area contributed by atoms with Gasteiger partial charge in [0.15, 0.2) is 0 Å². The molecule has 1 aliphatic rings. The van der Waals surface area contributed by atoms with Crippen LogP contribution in [0, 0.1) is 24.6 Å². The van der Waals surface area contributed by atoms with Crippen LogP contribution < -0.4 is 10.3 Å². The SMILES string of the molecule is Cc1cccc(S(=O)(=O)c2cn(C)c3cc(N4C[C@@H](C)C[C@H](C)C4)c(F)cc3c2=O)c1. The normalized spacial score (nSPS) is 19.7. The van der Waals surface area contributed by atoms with Crippen molar-refractivity contribution < 1.29 is 12.8 Å². The minimum Gasteiger partial charge on any atom is -0.369 e. The first kappa shape index (κ1) is 21.6. The van der Waals surface area contributed by atoms with Crippen LogP contribution in [0.25, 0.3) is 10.9 Å². The molecule has 1 saturated heterocycles. The van der Waals surface area contributed by atoms with Gasteiger partial charge in [0.1, 0.15) is 10.7 Å². The minimum absolute atomic E-state index is 0.0531. The number of anilines is 1. The summed E-state index contributed by atoms with van der Waals surface area (Å²) >= 11 is 0. The number of nitrogens with zero attached hydrogens (tertiary/aromatic N) is 2. The summed E-state index contributed by atoms with van der Waals surface area (Å²) in [5, 5.41) is 0.0654. The maximum atomic E-state index is 15.1. The molecule has 2 aromatic carbocycles. The van der Waals surface area contributed by atoms with E-state index >= 15 is 4.39 Å². The Bertz CT molecular complexity index is 1320. The van der Waals surface area contributed by atoms with E-state index in [2.05, 4.69) is 13.8 Å². The molecule has 1 aromatic heterocycles. The zero-order chi connectivity index (χ0) is 22.5. The highest BCUT2D eigenvalue weighted by molar-refractivity contribution is 7.91. The number of aromatic nitrogens is 1. The highest BCUT2D eigenvalue weighted by Gasteiger charge is 2.27.